The predicted octanol–water partition coefficient (Wildman–Crippen LogP) is 4.52. The molecule has 2 aromatic heterocycles. The Bertz CT molecular complexity index is 826. The molecule has 0 spiro atoms. The summed E-state index contributed by atoms with van der Waals surface area (Å²) in [5.74, 6) is -0.754. The first-order chi connectivity index (χ1) is 11.7. The lowest BCUT2D eigenvalue weighted by Crippen LogP contribution is -2.24. The Balaban J connectivity index is 1.68. The molecule has 1 saturated carbocycles. The summed E-state index contributed by atoms with van der Waals surface area (Å²) in [4.78, 5) is 25.8. The van der Waals surface area contributed by atoms with Crippen molar-refractivity contribution in [2.24, 2.45) is 5.41 Å². The molecule has 0 amide bonds. The monoisotopic (exact) mass is 399 g/mol. The predicted molar refractivity (Wildman–Crippen MR) is 99.8 cm³/mol. The third-order valence-corrected chi connectivity index (χ3v) is 6.77. The number of nitrogens with zero attached hydrogens (tertiary/aromatic N) is 1. The van der Waals surface area contributed by atoms with Gasteiger partial charge in [-0.05, 0) is 38.3 Å². The van der Waals surface area contributed by atoms with E-state index in [2.05, 4.69) is 10.6 Å². The number of thiophene rings is 1. The quantitative estimate of drug-likeness (QED) is 0.407. The molecule has 0 saturated heterocycles. The van der Waals surface area contributed by atoms with Crippen LogP contribution in [0.2, 0.25) is 0 Å². The maximum Gasteiger partial charge on any atom is 0.315 e. The number of aryl methyl sites for hydroxylation is 1. The number of ether oxygens (including phenoxy) is 1. The van der Waals surface area contributed by atoms with Gasteiger partial charge >= 0.3 is 5.97 Å². The van der Waals surface area contributed by atoms with Crippen molar-refractivity contribution in [3.63, 3.8) is 0 Å². The second kappa shape index (κ2) is 6.45. The lowest BCUT2D eigenvalue weighted by molar-refractivity contribution is -0.148. The van der Waals surface area contributed by atoms with Gasteiger partial charge in [0.2, 0.25) is 5.78 Å². The van der Waals surface area contributed by atoms with Gasteiger partial charge in [-0.2, -0.15) is 0 Å². The van der Waals surface area contributed by atoms with Crippen molar-refractivity contribution in [2.75, 3.05) is 6.61 Å². The summed E-state index contributed by atoms with van der Waals surface area (Å²) >= 11 is 13.6. The molecule has 1 fully saturated rings. The molecule has 0 radical (unpaired) electrons. The standard InChI is InChI=1S/C18H19Cl2NO3S/c1-11-7-14(12(2)21(11)8-13-5-4-6-25-13)15(22)9-24-16(23)17(3)10-18(17,19)20/h4-7H,8-10H2,1-3H3/t17-/m1/s1. The molecule has 7 heteroatoms. The number of carbonyl (C=O) groups excluding carboxylic acids is 2. The summed E-state index contributed by atoms with van der Waals surface area (Å²) in [5.41, 5.74) is 1.52. The van der Waals surface area contributed by atoms with E-state index in [1.807, 2.05) is 31.4 Å². The van der Waals surface area contributed by atoms with Gasteiger partial charge in [0.1, 0.15) is 9.75 Å². The first-order valence-corrected chi connectivity index (χ1v) is 9.56. The van der Waals surface area contributed by atoms with E-state index in [0.717, 1.165) is 17.9 Å². The molecule has 0 aromatic carbocycles. The van der Waals surface area contributed by atoms with Crippen molar-refractivity contribution < 1.29 is 14.3 Å². The first-order valence-electron chi connectivity index (χ1n) is 7.93. The van der Waals surface area contributed by atoms with E-state index in [9.17, 15) is 9.59 Å². The van der Waals surface area contributed by atoms with Gasteiger partial charge in [-0.1, -0.05) is 6.07 Å². The summed E-state index contributed by atoms with van der Waals surface area (Å²) in [6, 6.07) is 5.91. The van der Waals surface area contributed by atoms with Crippen LogP contribution in [0, 0.1) is 19.3 Å². The Morgan fingerprint density at radius 2 is 2.04 bits per heavy atom. The van der Waals surface area contributed by atoms with E-state index in [1.54, 1.807) is 18.3 Å². The van der Waals surface area contributed by atoms with Crippen LogP contribution in [0.25, 0.3) is 0 Å². The molecular formula is C18H19Cl2NO3S. The van der Waals surface area contributed by atoms with Crippen LogP contribution in [0.5, 0.6) is 0 Å². The van der Waals surface area contributed by atoms with Crippen molar-refractivity contribution >= 4 is 46.3 Å². The average molecular weight is 400 g/mol. The Morgan fingerprint density at radius 1 is 1.36 bits per heavy atom. The molecule has 0 bridgehead atoms. The number of Topliss-reactive ketones (excluding diaryl/α,β-unsaturated/α-hetero) is 1. The van der Waals surface area contributed by atoms with Crippen LogP contribution in [0.15, 0.2) is 23.6 Å². The maximum atomic E-state index is 12.5. The van der Waals surface area contributed by atoms with Crippen LogP contribution in [-0.4, -0.2) is 27.3 Å². The minimum Gasteiger partial charge on any atom is -0.457 e. The number of hydrogen-bond acceptors (Lipinski definition) is 4. The van der Waals surface area contributed by atoms with Crippen LogP contribution >= 0.6 is 34.5 Å². The van der Waals surface area contributed by atoms with Crippen molar-refractivity contribution in [1.29, 1.82) is 0 Å². The van der Waals surface area contributed by atoms with Crippen LogP contribution < -0.4 is 0 Å². The van der Waals surface area contributed by atoms with Gasteiger partial charge in [0, 0.05) is 28.2 Å². The largest absolute Gasteiger partial charge is 0.457 e. The van der Waals surface area contributed by atoms with Crippen molar-refractivity contribution in [1.82, 2.24) is 4.57 Å². The van der Waals surface area contributed by atoms with Gasteiger partial charge in [0.15, 0.2) is 6.61 Å². The maximum absolute atomic E-state index is 12.5. The van der Waals surface area contributed by atoms with Gasteiger partial charge in [-0.25, -0.2) is 0 Å². The zero-order valence-electron chi connectivity index (χ0n) is 14.3. The smallest absolute Gasteiger partial charge is 0.315 e. The highest BCUT2D eigenvalue weighted by Gasteiger charge is 2.69. The highest BCUT2D eigenvalue weighted by molar-refractivity contribution is 7.09. The fourth-order valence-corrected chi connectivity index (χ4v) is 4.26. The summed E-state index contributed by atoms with van der Waals surface area (Å²) < 4.78 is 6.16. The SMILES string of the molecule is Cc1cc(C(=O)COC(=O)[C@@]2(C)CC2(Cl)Cl)c(C)n1Cc1cccs1. The number of esters is 1. The Labute approximate surface area is 160 Å². The lowest BCUT2D eigenvalue weighted by Gasteiger charge is -2.11. The first kappa shape index (κ1) is 18.5. The van der Waals surface area contributed by atoms with Crippen molar-refractivity contribution in [2.45, 2.75) is 38.1 Å². The van der Waals surface area contributed by atoms with Crippen LogP contribution in [0.4, 0.5) is 0 Å². The summed E-state index contributed by atoms with van der Waals surface area (Å²) in [7, 11) is 0. The molecular weight excluding hydrogens is 381 g/mol. The highest BCUT2D eigenvalue weighted by atomic mass is 35.5. The van der Waals surface area contributed by atoms with Gasteiger partial charge in [0.05, 0.1) is 6.54 Å². The second-order valence-corrected chi connectivity index (χ2v) is 9.18. The van der Waals surface area contributed by atoms with Crippen LogP contribution in [-0.2, 0) is 16.1 Å². The number of rotatable bonds is 6. The molecule has 4 nitrogen and oxygen atoms in total. The number of hydrogen-bond donors (Lipinski definition) is 0. The summed E-state index contributed by atoms with van der Waals surface area (Å²) in [5, 5.41) is 2.03. The Morgan fingerprint density at radius 3 is 2.60 bits per heavy atom. The molecule has 0 aliphatic heterocycles. The zero-order valence-corrected chi connectivity index (χ0v) is 16.6. The second-order valence-electron chi connectivity index (χ2n) is 6.66. The third kappa shape index (κ3) is 3.37. The molecule has 2 heterocycles. The Hall–Kier alpha value is -1.30. The summed E-state index contributed by atoms with van der Waals surface area (Å²) in [6.07, 6.45) is 0.339. The zero-order chi connectivity index (χ0) is 18.4. The van der Waals surface area contributed by atoms with E-state index in [0.29, 0.717) is 12.0 Å². The van der Waals surface area contributed by atoms with E-state index < -0.39 is 15.7 Å². The fourth-order valence-electron chi connectivity index (χ4n) is 2.87. The molecule has 0 unspecified atom stereocenters. The molecule has 2 aromatic rings. The lowest BCUT2D eigenvalue weighted by atomic mass is 10.1. The van der Waals surface area contributed by atoms with E-state index in [1.165, 1.54) is 4.88 Å². The minimum absolute atomic E-state index is 0.224. The van der Waals surface area contributed by atoms with E-state index in [-0.39, 0.29) is 12.4 Å². The van der Waals surface area contributed by atoms with Crippen LogP contribution in [0.1, 0.15) is 40.0 Å². The van der Waals surface area contributed by atoms with Crippen LogP contribution in [0.3, 0.4) is 0 Å². The van der Waals surface area contributed by atoms with Crippen molar-refractivity contribution in [3.8, 4) is 0 Å². The fraction of sp³-hybridized carbons (Fsp3) is 0.444. The molecule has 1 atom stereocenters. The van der Waals surface area contributed by atoms with E-state index in [4.69, 9.17) is 27.9 Å². The van der Waals surface area contributed by atoms with Gasteiger partial charge in [0.25, 0.3) is 0 Å². The van der Waals surface area contributed by atoms with Gasteiger partial charge < -0.3 is 9.30 Å². The average Bonchev–Trinajstić information content (AvgIpc) is 2.93. The molecule has 25 heavy (non-hydrogen) atoms. The molecule has 134 valence electrons. The summed E-state index contributed by atoms with van der Waals surface area (Å²) in [6.45, 7) is 5.93. The highest BCUT2D eigenvalue weighted by Crippen LogP contribution is 2.64. The number of aromatic nitrogens is 1. The molecule has 3 rings (SSSR count). The number of carbonyl (C=O) groups is 2. The third-order valence-electron chi connectivity index (χ3n) is 4.81. The van der Waals surface area contributed by atoms with Gasteiger partial charge in [-0.15, -0.1) is 34.5 Å². The minimum atomic E-state index is -1.09. The Kier molecular flexibility index (Phi) is 4.77. The number of alkyl halides is 2. The molecule has 0 N–H and O–H groups in total. The van der Waals surface area contributed by atoms with Crippen molar-refractivity contribution in [3.05, 3.63) is 45.4 Å². The number of ketones is 1. The van der Waals surface area contributed by atoms with E-state index >= 15 is 0 Å². The normalized spacial score (nSPS) is 21.2. The molecule has 1 aliphatic carbocycles. The molecule has 1 aliphatic rings. The number of halogens is 2. The topological polar surface area (TPSA) is 48.3 Å². The van der Waals surface area contributed by atoms with Gasteiger partial charge in [-0.3, -0.25) is 9.59 Å².